The average Bonchev–Trinajstić information content (AvgIpc) is 2.53. The van der Waals surface area contributed by atoms with Crippen LogP contribution in [0.2, 0.25) is 0 Å². The van der Waals surface area contributed by atoms with Crippen LogP contribution < -0.4 is 11.4 Å². The molecule has 5 nitrogen and oxygen atoms in total. The number of hydrogen-bond donors (Lipinski definition) is 2. The van der Waals surface area contributed by atoms with Gasteiger partial charge in [-0.25, -0.2) is 9.59 Å². The number of carbonyl (C=O) groups is 1. The van der Waals surface area contributed by atoms with Gasteiger partial charge < -0.3 is 15.3 Å². The molecule has 3 N–H and O–H groups in total. The van der Waals surface area contributed by atoms with Gasteiger partial charge in [-0.1, -0.05) is 36.9 Å². The van der Waals surface area contributed by atoms with Crippen molar-refractivity contribution in [3.63, 3.8) is 0 Å². The first kappa shape index (κ1) is 14.6. The molecule has 114 valence electrons. The van der Waals surface area contributed by atoms with Crippen molar-refractivity contribution in [3.05, 3.63) is 70.6 Å². The molecule has 0 saturated heterocycles. The van der Waals surface area contributed by atoms with E-state index in [2.05, 4.69) is 6.58 Å². The van der Waals surface area contributed by atoms with Gasteiger partial charge in [-0.3, -0.25) is 0 Å². The Labute approximate surface area is 131 Å². The van der Waals surface area contributed by atoms with Crippen molar-refractivity contribution in [2.24, 2.45) is 0 Å². The summed E-state index contributed by atoms with van der Waals surface area (Å²) < 4.78 is 5.06. The molecule has 0 atom stereocenters. The van der Waals surface area contributed by atoms with E-state index in [1.807, 2.05) is 24.3 Å². The van der Waals surface area contributed by atoms with Crippen molar-refractivity contribution in [3.8, 4) is 11.1 Å². The highest BCUT2D eigenvalue weighted by Crippen LogP contribution is 2.33. The molecule has 5 heteroatoms. The number of nitrogen functional groups attached to an aromatic ring is 1. The van der Waals surface area contributed by atoms with Gasteiger partial charge in [-0.05, 0) is 17.2 Å². The number of aromatic carboxylic acids is 1. The molecule has 0 unspecified atom stereocenters. The van der Waals surface area contributed by atoms with Crippen LogP contribution in [0.3, 0.4) is 0 Å². The van der Waals surface area contributed by atoms with Gasteiger partial charge >= 0.3 is 11.6 Å². The molecular weight excluding hydrogens is 294 g/mol. The van der Waals surface area contributed by atoms with E-state index in [9.17, 15) is 14.7 Å². The van der Waals surface area contributed by atoms with E-state index < -0.39 is 11.6 Å². The molecule has 0 amide bonds. The lowest BCUT2D eigenvalue weighted by atomic mass is 9.96. The van der Waals surface area contributed by atoms with Crippen LogP contribution in [0.1, 0.15) is 15.9 Å². The fourth-order valence-electron chi connectivity index (χ4n) is 2.55. The zero-order valence-electron chi connectivity index (χ0n) is 12.1. The zero-order valence-corrected chi connectivity index (χ0v) is 12.1. The molecule has 0 spiro atoms. The maximum atomic E-state index is 11.5. The topological polar surface area (TPSA) is 93.5 Å². The van der Waals surface area contributed by atoms with Crippen LogP contribution in [0.4, 0.5) is 5.69 Å². The summed E-state index contributed by atoms with van der Waals surface area (Å²) in [5.74, 6) is -1.20. The number of anilines is 1. The Bertz CT molecular complexity index is 1000. The van der Waals surface area contributed by atoms with E-state index in [-0.39, 0.29) is 11.1 Å². The minimum absolute atomic E-state index is 0.117. The van der Waals surface area contributed by atoms with Crippen LogP contribution in [-0.2, 0) is 0 Å². The summed E-state index contributed by atoms with van der Waals surface area (Å²) >= 11 is 0. The van der Waals surface area contributed by atoms with Crippen molar-refractivity contribution in [1.82, 2.24) is 0 Å². The molecule has 1 heterocycles. The smallest absolute Gasteiger partial charge is 0.337 e. The third-order valence-electron chi connectivity index (χ3n) is 3.62. The van der Waals surface area contributed by atoms with Crippen LogP contribution >= 0.6 is 0 Å². The Hall–Kier alpha value is -3.34. The highest BCUT2D eigenvalue weighted by molar-refractivity contribution is 6.04. The van der Waals surface area contributed by atoms with E-state index in [0.29, 0.717) is 16.6 Å². The average molecular weight is 307 g/mol. The number of carboxylic acid groups (broad SMARTS) is 1. The van der Waals surface area contributed by atoms with E-state index in [1.54, 1.807) is 12.1 Å². The highest BCUT2D eigenvalue weighted by atomic mass is 16.4. The molecule has 0 radical (unpaired) electrons. The molecule has 0 fully saturated rings. The van der Waals surface area contributed by atoms with Crippen LogP contribution in [0, 0.1) is 0 Å². The zero-order chi connectivity index (χ0) is 16.6. The number of carboxylic acids is 1. The Balaban J connectivity index is 2.40. The number of hydrogen-bond acceptors (Lipinski definition) is 4. The van der Waals surface area contributed by atoms with Gasteiger partial charge in [0.15, 0.2) is 0 Å². The van der Waals surface area contributed by atoms with E-state index >= 15 is 0 Å². The minimum atomic E-state index is -1.20. The predicted molar refractivity (Wildman–Crippen MR) is 89.4 cm³/mol. The molecule has 0 saturated carbocycles. The molecule has 0 aliphatic rings. The first-order chi connectivity index (χ1) is 11.0. The van der Waals surface area contributed by atoms with Gasteiger partial charge in [-0.2, -0.15) is 0 Å². The summed E-state index contributed by atoms with van der Waals surface area (Å²) in [6.45, 7) is 3.77. The van der Waals surface area contributed by atoms with Crippen molar-refractivity contribution in [2.75, 3.05) is 5.73 Å². The largest absolute Gasteiger partial charge is 0.478 e. The fourth-order valence-corrected chi connectivity index (χ4v) is 2.55. The van der Waals surface area contributed by atoms with Gasteiger partial charge in [-0.15, -0.1) is 0 Å². The van der Waals surface area contributed by atoms with Gasteiger partial charge in [0.1, 0.15) is 5.58 Å². The van der Waals surface area contributed by atoms with E-state index in [0.717, 1.165) is 17.2 Å². The molecule has 0 bridgehead atoms. The molecule has 2 aromatic carbocycles. The van der Waals surface area contributed by atoms with Gasteiger partial charge in [0.05, 0.1) is 5.56 Å². The summed E-state index contributed by atoms with van der Waals surface area (Å²) in [5, 5.41) is 9.63. The van der Waals surface area contributed by atoms with Crippen LogP contribution in [0.25, 0.3) is 28.2 Å². The predicted octanol–water partition coefficient (Wildman–Crippen LogP) is 3.38. The molecule has 1 aromatic heterocycles. The third kappa shape index (κ3) is 2.48. The maximum Gasteiger partial charge on any atom is 0.337 e. The van der Waals surface area contributed by atoms with Crippen LogP contribution in [-0.4, -0.2) is 11.1 Å². The second-order valence-corrected chi connectivity index (χ2v) is 5.01. The minimum Gasteiger partial charge on any atom is -0.478 e. The number of rotatable bonds is 3. The quantitative estimate of drug-likeness (QED) is 0.571. The Kier molecular flexibility index (Phi) is 3.46. The summed E-state index contributed by atoms with van der Waals surface area (Å²) in [5.41, 5.74) is 8.11. The number of fused-ring (bicyclic) bond motifs is 1. The first-order valence-electron chi connectivity index (χ1n) is 6.84. The van der Waals surface area contributed by atoms with Crippen LogP contribution in [0.15, 0.2) is 58.3 Å². The van der Waals surface area contributed by atoms with Crippen molar-refractivity contribution in [1.29, 1.82) is 0 Å². The summed E-state index contributed by atoms with van der Waals surface area (Å²) in [7, 11) is 0. The standard InChI is InChI=1S/C18H13NO4/c1-2-10-5-3-4-6-11(10)12-7-13-14(18(21)22)8-17(20)23-16(13)9-15(12)19/h2-9H,1,19H2,(H,21,22). The van der Waals surface area contributed by atoms with Crippen molar-refractivity contribution in [2.45, 2.75) is 0 Å². The lowest BCUT2D eigenvalue weighted by molar-refractivity contribution is 0.0698. The van der Waals surface area contributed by atoms with Crippen molar-refractivity contribution >= 4 is 28.7 Å². The summed E-state index contributed by atoms with van der Waals surface area (Å²) in [4.78, 5) is 22.9. The van der Waals surface area contributed by atoms with Gasteiger partial charge in [0.25, 0.3) is 0 Å². The molecule has 3 rings (SSSR count). The lowest BCUT2D eigenvalue weighted by Crippen LogP contribution is -2.06. The normalized spacial score (nSPS) is 10.6. The Morgan fingerprint density at radius 3 is 2.61 bits per heavy atom. The molecular formula is C18H13NO4. The van der Waals surface area contributed by atoms with Gasteiger partial charge in [0.2, 0.25) is 0 Å². The second kappa shape index (κ2) is 5.46. The third-order valence-corrected chi connectivity index (χ3v) is 3.62. The SMILES string of the molecule is C=Cc1ccccc1-c1cc2c(C(=O)O)cc(=O)oc2cc1N. The molecule has 0 aliphatic heterocycles. The lowest BCUT2D eigenvalue weighted by Gasteiger charge is -2.11. The highest BCUT2D eigenvalue weighted by Gasteiger charge is 2.15. The van der Waals surface area contributed by atoms with Crippen molar-refractivity contribution < 1.29 is 14.3 Å². The fraction of sp³-hybridized carbons (Fsp3) is 0. The first-order valence-corrected chi connectivity index (χ1v) is 6.84. The number of benzene rings is 2. The van der Waals surface area contributed by atoms with Gasteiger partial charge in [0, 0.05) is 28.8 Å². The molecule has 0 aliphatic carbocycles. The number of nitrogens with two attached hydrogens (primary N) is 1. The van der Waals surface area contributed by atoms with E-state index in [1.165, 1.54) is 6.07 Å². The summed E-state index contributed by atoms with van der Waals surface area (Å²) in [6.07, 6.45) is 1.70. The second-order valence-electron chi connectivity index (χ2n) is 5.01. The monoisotopic (exact) mass is 307 g/mol. The Morgan fingerprint density at radius 1 is 1.17 bits per heavy atom. The maximum absolute atomic E-state index is 11.5. The Morgan fingerprint density at radius 2 is 1.91 bits per heavy atom. The summed E-state index contributed by atoms with van der Waals surface area (Å²) in [6, 6.07) is 11.5. The van der Waals surface area contributed by atoms with E-state index in [4.69, 9.17) is 10.2 Å². The molecule has 23 heavy (non-hydrogen) atoms. The van der Waals surface area contributed by atoms with Crippen LogP contribution in [0.5, 0.6) is 0 Å². The molecule has 3 aromatic rings.